The fraction of sp³-hybridized carbons (Fsp3) is 0.357. The number of benzene rings is 1. The summed E-state index contributed by atoms with van der Waals surface area (Å²) in [5.41, 5.74) is 0.606. The number of rotatable bonds is 5. The maximum Gasteiger partial charge on any atom is 0.295 e. The van der Waals surface area contributed by atoms with Gasteiger partial charge in [-0.2, -0.15) is 0 Å². The van der Waals surface area contributed by atoms with Crippen LogP contribution in [0.5, 0.6) is 5.75 Å². The van der Waals surface area contributed by atoms with Gasteiger partial charge in [0.05, 0.1) is 11.8 Å². The molecule has 106 valence electrons. The molecule has 0 bridgehead atoms. The first-order valence-corrected chi connectivity index (χ1v) is 6.58. The van der Waals surface area contributed by atoms with Crippen molar-refractivity contribution in [3.05, 3.63) is 35.9 Å². The van der Waals surface area contributed by atoms with E-state index in [0.717, 1.165) is 0 Å². The Morgan fingerprint density at radius 2 is 2.15 bits per heavy atom. The SMILES string of the molecule is CCc1nc(C(=O)Nc2ccccc2OC(C)C)n[nH]1. The van der Waals surface area contributed by atoms with Gasteiger partial charge in [-0.1, -0.05) is 19.1 Å². The van der Waals surface area contributed by atoms with Crippen molar-refractivity contribution in [1.29, 1.82) is 0 Å². The molecule has 0 aliphatic rings. The molecule has 0 spiro atoms. The van der Waals surface area contributed by atoms with Crippen LogP contribution in [0.3, 0.4) is 0 Å². The molecule has 0 unspecified atom stereocenters. The molecule has 0 radical (unpaired) electrons. The fourth-order valence-electron chi connectivity index (χ4n) is 1.66. The molecule has 2 N–H and O–H groups in total. The lowest BCUT2D eigenvalue weighted by Crippen LogP contribution is -2.16. The molecular formula is C14H18N4O2. The molecule has 6 nitrogen and oxygen atoms in total. The molecule has 0 saturated heterocycles. The summed E-state index contributed by atoms with van der Waals surface area (Å²) in [7, 11) is 0. The minimum Gasteiger partial charge on any atom is -0.489 e. The normalized spacial score (nSPS) is 10.6. The first-order chi connectivity index (χ1) is 9.60. The van der Waals surface area contributed by atoms with Crippen LogP contribution in [-0.4, -0.2) is 27.2 Å². The second-order valence-corrected chi connectivity index (χ2v) is 4.58. The summed E-state index contributed by atoms with van der Waals surface area (Å²) in [5.74, 6) is 1.07. The highest BCUT2D eigenvalue weighted by Gasteiger charge is 2.14. The summed E-state index contributed by atoms with van der Waals surface area (Å²) in [6, 6.07) is 7.28. The third-order valence-electron chi connectivity index (χ3n) is 2.57. The number of carbonyl (C=O) groups excluding carboxylic acids is 1. The topological polar surface area (TPSA) is 79.9 Å². The number of H-pyrrole nitrogens is 1. The minimum atomic E-state index is -0.360. The lowest BCUT2D eigenvalue weighted by Gasteiger charge is -2.14. The number of hydrogen-bond acceptors (Lipinski definition) is 4. The molecule has 1 aromatic carbocycles. The zero-order valence-corrected chi connectivity index (χ0v) is 11.8. The average Bonchev–Trinajstić information content (AvgIpc) is 2.89. The van der Waals surface area contributed by atoms with E-state index in [1.807, 2.05) is 39.0 Å². The number of hydrogen-bond donors (Lipinski definition) is 2. The molecular weight excluding hydrogens is 256 g/mol. The first-order valence-electron chi connectivity index (χ1n) is 6.58. The maximum absolute atomic E-state index is 12.1. The van der Waals surface area contributed by atoms with Gasteiger partial charge in [-0.15, -0.1) is 5.10 Å². The standard InChI is InChI=1S/C14H18N4O2/c1-4-12-16-13(18-17-12)14(19)15-10-7-5-6-8-11(10)20-9(2)3/h5-9H,4H2,1-3H3,(H,15,19)(H,16,17,18). The van der Waals surface area contributed by atoms with Crippen LogP contribution in [0.15, 0.2) is 24.3 Å². The van der Waals surface area contributed by atoms with Gasteiger partial charge in [-0.25, -0.2) is 4.98 Å². The second kappa shape index (κ2) is 6.18. The van der Waals surface area contributed by atoms with Crippen LogP contribution < -0.4 is 10.1 Å². The van der Waals surface area contributed by atoms with E-state index in [9.17, 15) is 4.79 Å². The van der Waals surface area contributed by atoms with E-state index >= 15 is 0 Å². The van der Waals surface area contributed by atoms with Crippen LogP contribution in [-0.2, 0) is 6.42 Å². The molecule has 0 atom stereocenters. The summed E-state index contributed by atoms with van der Waals surface area (Å²) in [4.78, 5) is 16.2. The Hall–Kier alpha value is -2.37. The molecule has 6 heteroatoms. The molecule has 2 rings (SSSR count). The van der Waals surface area contributed by atoms with Gasteiger partial charge in [0.1, 0.15) is 11.6 Å². The van der Waals surface area contributed by atoms with Crippen LogP contribution >= 0.6 is 0 Å². The predicted octanol–water partition coefficient (Wildman–Crippen LogP) is 2.41. The van der Waals surface area contributed by atoms with Crippen LogP contribution in [0.25, 0.3) is 0 Å². The van der Waals surface area contributed by atoms with Gasteiger partial charge in [0.2, 0.25) is 5.82 Å². The number of aromatic amines is 1. The highest BCUT2D eigenvalue weighted by Crippen LogP contribution is 2.25. The molecule has 0 saturated carbocycles. The summed E-state index contributed by atoms with van der Waals surface area (Å²) < 4.78 is 5.65. The van der Waals surface area contributed by atoms with Crippen molar-refractivity contribution in [2.24, 2.45) is 0 Å². The lowest BCUT2D eigenvalue weighted by molar-refractivity contribution is 0.101. The number of nitrogens with zero attached hydrogens (tertiary/aromatic N) is 2. The van der Waals surface area contributed by atoms with Crippen LogP contribution in [0.4, 0.5) is 5.69 Å². The Morgan fingerprint density at radius 3 is 2.80 bits per heavy atom. The van der Waals surface area contributed by atoms with Crippen molar-refractivity contribution < 1.29 is 9.53 Å². The Bertz CT molecular complexity index is 592. The van der Waals surface area contributed by atoms with Gasteiger partial charge in [-0.05, 0) is 26.0 Å². The van der Waals surface area contributed by atoms with E-state index in [0.29, 0.717) is 23.7 Å². The van der Waals surface area contributed by atoms with Crippen LogP contribution in [0, 0.1) is 0 Å². The van der Waals surface area contributed by atoms with E-state index in [4.69, 9.17) is 4.74 Å². The van der Waals surface area contributed by atoms with Gasteiger partial charge in [0, 0.05) is 6.42 Å². The van der Waals surface area contributed by atoms with Crippen LogP contribution in [0.2, 0.25) is 0 Å². The molecule has 20 heavy (non-hydrogen) atoms. The Kier molecular flexibility index (Phi) is 4.34. The van der Waals surface area contributed by atoms with Crippen LogP contribution in [0.1, 0.15) is 37.2 Å². The number of amides is 1. The smallest absolute Gasteiger partial charge is 0.295 e. The second-order valence-electron chi connectivity index (χ2n) is 4.58. The molecule has 1 amide bonds. The number of aromatic nitrogens is 3. The lowest BCUT2D eigenvalue weighted by atomic mass is 10.3. The highest BCUT2D eigenvalue weighted by molar-refractivity contribution is 6.02. The Balaban J connectivity index is 2.15. The molecule has 1 heterocycles. The van der Waals surface area contributed by atoms with E-state index < -0.39 is 0 Å². The van der Waals surface area contributed by atoms with Crippen molar-refractivity contribution in [3.63, 3.8) is 0 Å². The molecule has 0 fully saturated rings. The molecule has 1 aromatic heterocycles. The van der Waals surface area contributed by atoms with Crippen molar-refractivity contribution in [3.8, 4) is 5.75 Å². The van der Waals surface area contributed by atoms with Gasteiger partial charge < -0.3 is 10.1 Å². The minimum absolute atomic E-state index is 0.0308. The highest BCUT2D eigenvalue weighted by atomic mass is 16.5. The zero-order chi connectivity index (χ0) is 14.5. The van der Waals surface area contributed by atoms with Gasteiger partial charge in [0.25, 0.3) is 5.91 Å². The van der Waals surface area contributed by atoms with Gasteiger partial charge in [0.15, 0.2) is 0 Å². The van der Waals surface area contributed by atoms with E-state index in [1.54, 1.807) is 6.07 Å². The largest absolute Gasteiger partial charge is 0.489 e. The van der Waals surface area contributed by atoms with E-state index in [-0.39, 0.29) is 17.8 Å². The Labute approximate surface area is 117 Å². The number of para-hydroxylation sites is 2. The number of nitrogens with one attached hydrogen (secondary N) is 2. The summed E-state index contributed by atoms with van der Waals surface area (Å²) in [5, 5.41) is 9.36. The van der Waals surface area contributed by atoms with Gasteiger partial charge >= 0.3 is 0 Å². The van der Waals surface area contributed by atoms with Gasteiger partial charge in [-0.3, -0.25) is 9.89 Å². The number of anilines is 1. The van der Waals surface area contributed by atoms with Crippen molar-refractivity contribution in [1.82, 2.24) is 15.2 Å². The van der Waals surface area contributed by atoms with Crippen molar-refractivity contribution in [2.45, 2.75) is 33.3 Å². The predicted molar refractivity (Wildman–Crippen MR) is 75.9 cm³/mol. The molecule has 2 aromatic rings. The van der Waals surface area contributed by atoms with E-state index in [2.05, 4.69) is 20.5 Å². The zero-order valence-electron chi connectivity index (χ0n) is 11.8. The third kappa shape index (κ3) is 3.34. The Morgan fingerprint density at radius 1 is 1.40 bits per heavy atom. The quantitative estimate of drug-likeness (QED) is 0.877. The monoisotopic (exact) mass is 274 g/mol. The third-order valence-corrected chi connectivity index (χ3v) is 2.57. The maximum atomic E-state index is 12.1. The average molecular weight is 274 g/mol. The summed E-state index contributed by atoms with van der Waals surface area (Å²) in [6.45, 7) is 5.80. The summed E-state index contributed by atoms with van der Waals surface area (Å²) in [6.07, 6.45) is 0.733. The number of carbonyl (C=O) groups is 1. The number of aryl methyl sites for hydroxylation is 1. The molecule has 0 aliphatic heterocycles. The fourth-order valence-corrected chi connectivity index (χ4v) is 1.66. The molecule has 0 aliphatic carbocycles. The first kappa shape index (κ1) is 14.0. The number of ether oxygens (including phenoxy) is 1. The van der Waals surface area contributed by atoms with Crippen molar-refractivity contribution in [2.75, 3.05) is 5.32 Å². The van der Waals surface area contributed by atoms with Crippen molar-refractivity contribution >= 4 is 11.6 Å². The van der Waals surface area contributed by atoms with E-state index in [1.165, 1.54) is 0 Å². The summed E-state index contributed by atoms with van der Waals surface area (Å²) >= 11 is 0.